The van der Waals surface area contributed by atoms with Crippen LogP contribution < -0.4 is 10.6 Å². The standard InChI is InChI=1S/C24H30ClN5O3/c1-24(23(33)27-18-7-5-3-4-6-8-18)15-30-20(22(32)29(24)2)13-19(28-30)21(31)26-14-16-9-11-17(25)12-10-16/h9-13,18H,3-8,14-15H2,1-2H3,(H,26,31)(H,27,33)/t24-/m0/s1. The van der Waals surface area contributed by atoms with Gasteiger partial charge in [-0.05, 0) is 37.5 Å². The zero-order valence-corrected chi connectivity index (χ0v) is 19.8. The van der Waals surface area contributed by atoms with Crippen LogP contribution in [0.4, 0.5) is 0 Å². The molecule has 9 heteroatoms. The van der Waals surface area contributed by atoms with Crippen molar-refractivity contribution < 1.29 is 14.4 Å². The molecule has 1 aromatic heterocycles. The first kappa shape index (κ1) is 23.3. The van der Waals surface area contributed by atoms with Crippen LogP contribution in [0, 0.1) is 0 Å². The third kappa shape index (κ3) is 4.90. The third-order valence-electron chi connectivity index (χ3n) is 6.78. The molecule has 0 bridgehead atoms. The summed E-state index contributed by atoms with van der Waals surface area (Å²) < 4.78 is 1.48. The summed E-state index contributed by atoms with van der Waals surface area (Å²) in [6.07, 6.45) is 6.53. The van der Waals surface area contributed by atoms with E-state index in [-0.39, 0.29) is 36.0 Å². The first-order valence-corrected chi connectivity index (χ1v) is 11.9. The van der Waals surface area contributed by atoms with Gasteiger partial charge in [0.2, 0.25) is 5.91 Å². The first-order chi connectivity index (χ1) is 15.8. The van der Waals surface area contributed by atoms with Gasteiger partial charge < -0.3 is 15.5 Å². The Morgan fingerprint density at radius 2 is 1.82 bits per heavy atom. The zero-order valence-electron chi connectivity index (χ0n) is 19.1. The maximum atomic E-state index is 13.3. The Balaban J connectivity index is 1.46. The van der Waals surface area contributed by atoms with Crippen LogP contribution in [0.25, 0.3) is 0 Å². The van der Waals surface area contributed by atoms with E-state index < -0.39 is 5.54 Å². The lowest BCUT2D eigenvalue weighted by atomic mass is 9.95. The van der Waals surface area contributed by atoms with Gasteiger partial charge in [-0.3, -0.25) is 19.1 Å². The molecule has 8 nitrogen and oxygen atoms in total. The predicted octanol–water partition coefficient (Wildman–Crippen LogP) is 3.15. The minimum atomic E-state index is -1.08. The lowest BCUT2D eigenvalue weighted by Crippen LogP contribution is -2.63. The number of likely N-dealkylation sites (N-methyl/N-ethyl adjacent to an activating group) is 1. The minimum absolute atomic E-state index is 0.133. The number of nitrogens with one attached hydrogen (secondary N) is 2. The number of rotatable bonds is 5. The highest BCUT2D eigenvalue weighted by Crippen LogP contribution is 2.27. The molecule has 2 N–H and O–H groups in total. The van der Waals surface area contributed by atoms with E-state index in [1.807, 2.05) is 12.1 Å². The summed E-state index contributed by atoms with van der Waals surface area (Å²) in [6, 6.07) is 8.80. The van der Waals surface area contributed by atoms with Crippen molar-refractivity contribution in [2.45, 2.75) is 70.1 Å². The van der Waals surface area contributed by atoms with Gasteiger partial charge in [0.15, 0.2) is 5.69 Å². The molecule has 1 saturated carbocycles. The molecular formula is C24H30ClN5O3. The first-order valence-electron chi connectivity index (χ1n) is 11.5. The fourth-order valence-electron chi connectivity index (χ4n) is 4.48. The summed E-state index contributed by atoms with van der Waals surface area (Å²) in [5.41, 5.74) is 0.262. The Morgan fingerprint density at radius 3 is 2.48 bits per heavy atom. The van der Waals surface area contributed by atoms with Gasteiger partial charge in [-0.15, -0.1) is 0 Å². The minimum Gasteiger partial charge on any atom is -0.351 e. The Morgan fingerprint density at radius 1 is 1.15 bits per heavy atom. The van der Waals surface area contributed by atoms with E-state index in [1.165, 1.54) is 28.5 Å². The number of fused-ring (bicyclic) bond motifs is 1. The summed E-state index contributed by atoms with van der Waals surface area (Å²) >= 11 is 5.90. The highest BCUT2D eigenvalue weighted by molar-refractivity contribution is 6.30. The molecular weight excluding hydrogens is 442 g/mol. The molecule has 1 aliphatic heterocycles. The maximum Gasteiger partial charge on any atom is 0.272 e. The second-order valence-electron chi connectivity index (χ2n) is 9.18. The maximum absolute atomic E-state index is 13.3. The molecule has 0 saturated heterocycles. The summed E-state index contributed by atoms with van der Waals surface area (Å²) in [5.74, 6) is -0.893. The van der Waals surface area contributed by atoms with Gasteiger partial charge >= 0.3 is 0 Å². The lowest BCUT2D eigenvalue weighted by molar-refractivity contribution is -0.133. The molecule has 0 radical (unpaired) electrons. The number of amides is 3. The van der Waals surface area contributed by atoms with E-state index in [4.69, 9.17) is 11.6 Å². The van der Waals surface area contributed by atoms with Crippen LogP contribution in [-0.2, 0) is 17.9 Å². The van der Waals surface area contributed by atoms with Crippen molar-refractivity contribution in [3.8, 4) is 0 Å². The van der Waals surface area contributed by atoms with Crippen molar-refractivity contribution in [3.05, 3.63) is 52.3 Å². The van der Waals surface area contributed by atoms with Crippen LogP contribution in [0.3, 0.4) is 0 Å². The molecule has 2 heterocycles. The van der Waals surface area contributed by atoms with Crippen LogP contribution in [0.2, 0.25) is 5.02 Å². The van der Waals surface area contributed by atoms with Crippen molar-refractivity contribution in [1.29, 1.82) is 0 Å². The van der Waals surface area contributed by atoms with E-state index in [9.17, 15) is 14.4 Å². The molecule has 2 aromatic rings. The molecule has 176 valence electrons. The van der Waals surface area contributed by atoms with Crippen LogP contribution in [-0.4, -0.2) is 51.0 Å². The smallest absolute Gasteiger partial charge is 0.272 e. The molecule has 3 amide bonds. The van der Waals surface area contributed by atoms with Crippen molar-refractivity contribution in [1.82, 2.24) is 25.3 Å². The molecule has 4 rings (SSSR count). The van der Waals surface area contributed by atoms with E-state index in [0.717, 1.165) is 31.2 Å². The van der Waals surface area contributed by atoms with Gasteiger partial charge in [0.25, 0.3) is 11.8 Å². The number of nitrogens with zero attached hydrogens (tertiary/aromatic N) is 3. The van der Waals surface area contributed by atoms with Gasteiger partial charge in [0.05, 0.1) is 6.54 Å². The molecule has 1 atom stereocenters. The fourth-order valence-corrected chi connectivity index (χ4v) is 4.60. The zero-order chi connectivity index (χ0) is 23.6. The SMILES string of the molecule is CN1C(=O)c2cc(C(=O)NCc3ccc(Cl)cc3)nn2C[C@@]1(C)C(=O)NC1CCCCCC1. The number of hydrogen-bond donors (Lipinski definition) is 2. The predicted molar refractivity (Wildman–Crippen MR) is 125 cm³/mol. The van der Waals surface area contributed by atoms with Crippen molar-refractivity contribution in [2.24, 2.45) is 0 Å². The Kier molecular flexibility index (Phi) is 6.74. The number of carbonyl (C=O) groups is 3. The molecule has 0 spiro atoms. The summed E-state index contributed by atoms with van der Waals surface area (Å²) in [5, 5.41) is 11.0. The highest BCUT2D eigenvalue weighted by atomic mass is 35.5. The van der Waals surface area contributed by atoms with Crippen LogP contribution in [0.5, 0.6) is 0 Å². The van der Waals surface area contributed by atoms with E-state index >= 15 is 0 Å². The second-order valence-corrected chi connectivity index (χ2v) is 9.62. The van der Waals surface area contributed by atoms with Crippen LogP contribution >= 0.6 is 11.6 Å². The number of hydrogen-bond acceptors (Lipinski definition) is 4. The normalized spacial score (nSPS) is 21.3. The Hall–Kier alpha value is -2.87. The summed E-state index contributed by atoms with van der Waals surface area (Å²) in [7, 11) is 1.63. The van der Waals surface area contributed by atoms with Gasteiger partial charge in [-0.25, -0.2) is 0 Å². The molecule has 33 heavy (non-hydrogen) atoms. The number of benzene rings is 1. The quantitative estimate of drug-likeness (QED) is 0.655. The van der Waals surface area contributed by atoms with Crippen molar-refractivity contribution in [2.75, 3.05) is 7.05 Å². The second kappa shape index (κ2) is 9.55. The largest absolute Gasteiger partial charge is 0.351 e. The van der Waals surface area contributed by atoms with E-state index in [2.05, 4.69) is 15.7 Å². The van der Waals surface area contributed by atoms with Crippen LogP contribution in [0.15, 0.2) is 30.3 Å². The number of carbonyl (C=O) groups excluding carboxylic acids is 3. The van der Waals surface area contributed by atoms with Gasteiger partial charge in [-0.2, -0.15) is 5.10 Å². The average Bonchev–Trinajstić information content (AvgIpc) is 3.05. The number of halogens is 1. The van der Waals surface area contributed by atoms with Gasteiger partial charge in [-0.1, -0.05) is 49.4 Å². The monoisotopic (exact) mass is 471 g/mol. The Bertz CT molecular complexity index is 1040. The molecule has 0 unspecified atom stereocenters. The molecule has 1 fully saturated rings. The van der Waals surface area contributed by atoms with Crippen molar-refractivity contribution in [3.63, 3.8) is 0 Å². The van der Waals surface area contributed by atoms with E-state index in [1.54, 1.807) is 26.1 Å². The average molecular weight is 472 g/mol. The fraction of sp³-hybridized carbons (Fsp3) is 0.500. The Labute approximate surface area is 198 Å². The van der Waals surface area contributed by atoms with Gasteiger partial charge in [0, 0.05) is 30.7 Å². The summed E-state index contributed by atoms with van der Waals surface area (Å²) in [4.78, 5) is 40.5. The topological polar surface area (TPSA) is 96.3 Å². The van der Waals surface area contributed by atoms with Gasteiger partial charge in [0.1, 0.15) is 11.2 Å². The summed E-state index contributed by atoms with van der Waals surface area (Å²) in [6.45, 7) is 2.25. The third-order valence-corrected chi connectivity index (χ3v) is 7.03. The van der Waals surface area contributed by atoms with E-state index in [0.29, 0.717) is 17.3 Å². The molecule has 1 aliphatic carbocycles. The van der Waals surface area contributed by atoms with Crippen LogP contribution in [0.1, 0.15) is 72.0 Å². The van der Waals surface area contributed by atoms with Crippen molar-refractivity contribution >= 4 is 29.3 Å². The molecule has 2 aliphatic rings. The lowest BCUT2D eigenvalue weighted by Gasteiger charge is -2.41. The number of aromatic nitrogens is 2. The molecule has 1 aromatic carbocycles. The highest BCUT2D eigenvalue weighted by Gasteiger charge is 2.46.